The molecule has 1 aliphatic rings. The first-order valence-electron chi connectivity index (χ1n) is 3.70. The third-order valence-electron chi connectivity index (χ3n) is 1.87. The summed E-state index contributed by atoms with van der Waals surface area (Å²) in [6.45, 7) is 0.218. The molecule has 1 heterocycles. The summed E-state index contributed by atoms with van der Waals surface area (Å²) in [5, 5.41) is 8.96. The highest BCUT2D eigenvalue weighted by Crippen LogP contribution is 2.24. The maximum Gasteiger partial charge on any atom is 0.189 e. The van der Waals surface area contributed by atoms with Crippen molar-refractivity contribution in [2.75, 3.05) is 20.8 Å². The van der Waals surface area contributed by atoms with Gasteiger partial charge < -0.3 is 19.3 Å². The third kappa shape index (κ3) is 1.74. The summed E-state index contributed by atoms with van der Waals surface area (Å²) < 4.78 is 27.4. The Morgan fingerprint density at radius 3 is 2.67 bits per heavy atom. The van der Waals surface area contributed by atoms with E-state index in [0.29, 0.717) is 0 Å². The van der Waals surface area contributed by atoms with Gasteiger partial charge in [0.15, 0.2) is 12.5 Å². The van der Waals surface area contributed by atoms with Crippen molar-refractivity contribution < 1.29 is 23.7 Å². The lowest BCUT2D eigenvalue weighted by Crippen LogP contribution is -2.33. The fraction of sp³-hybridized carbons (Fsp3) is 1.00. The molecule has 72 valence electrons. The van der Waals surface area contributed by atoms with Crippen molar-refractivity contribution in [3.8, 4) is 0 Å². The van der Waals surface area contributed by atoms with Gasteiger partial charge in [0, 0.05) is 14.2 Å². The maximum absolute atomic E-state index is 13.0. The Morgan fingerprint density at radius 1 is 1.50 bits per heavy atom. The minimum absolute atomic E-state index is 0.218. The molecule has 0 bridgehead atoms. The highest BCUT2D eigenvalue weighted by molar-refractivity contribution is 4.87. The van der Waals surface area contributed by atoms with Crippen LogP contribution < -0.4 is 0 Å². The van der Waals surface area contributed by atoms with Crippen LogP contribution in [0.3, 0.4) is 0 Å². The van der Waals surface area contributed by atoms with E-state index in [1.807, 2.05) is 0 Å². The van der Waals surface area contributed by atoms with E-state index >= 15 is 0 Å². The van der Waals surface area contributed by atoms with Crippen LogP contribution in [0, 0.1) is 0 Å². The Morgan fingerprint density at radius 2 is 2.17 bits per heavy atom. The van der Waals surface area contributed by atoms with Gasteiger partial charge in [-0.25, -0.2) is 4.39 Å². The van der Waals surface area contributed by atoms with Gasteiger partial charge in [0.1, 0.15) is 12.2 Å². The molecule has 1 aliphatic heterocycles. The van der Waals surface area contributed by atoms with Crippen molar-refractivity contribution in [1.29, 1.82) is 0 Å². The van der Waals surface area contributed by atoms with Crippen LogP contribution in [0.2, 0.25) is 0 Å². The first-order chi connectivity index (χ1) is 5.70. The summed E-state index contributed by atoms with van der Waals surface area (Å²) in [5.74, 6) is 0. The Kier molecular flexibility index (Phi) is 3.39. The second-order valence-corrected chi connectivity index (χ2v) is 2.67. The lowest BCUT2D eigenvalue weighted by Gasteiger charge is -2.15. The van der Waals surface area contributed by atoms with Gasteiger partial charge in [-0.05, 0) is 0 Å². The zero-order valence-corrected chi connectivity index (χ0v) is 7.07. The predicted molar refractivity (Wildman–Crippen MR) is 38.4 cm³/mol. The van der Waals surface area contributed by atoms with Crippen LogP contribution in [0.15, 0.2) is 0 Å². The molecule has 0 aliphatic carbocycles. The first-order valence-corrected chi connectivity index (χ1v) is 3.70. The van der Waals surface area contributed by atoms with Gasteiger partial charge in [-0.2, -0.15) is 0 Å². The minimum atomic E-state index is -1.49. The Labute approximate surface area is 70.2 Å². The normalized spacial score (nSPS) is 42.0. The van der Waals surface area contributed by atoms with Gasteiger partial charge in [-0.15, -0.1) is 0 Å². The lowest BCUT2D eigenvalue weighted by molar-refractivity contribution is -0.124. The van der Waals surface area contributed by atoms with Gasteiger partial charge in [-0.1, -0.05) is 0 Å². The molecule has 1 fully saturated rings. The van der Waals surface area contributed by atoms with E-state index in [4.69, 9.17) is 19.3 Å². The standard InChI is InChI=1S/C7H13FO4/c1-10-3-4-6(11-2)5(8)7(9)12-4/h4-7,9H,3H2,1-2H3. The zero-order chi connectivity index (χ0) is 9.14. The predicted octanol–water partition coefficient (Wildman–Crippen LogP) is -0.297. The summed E-state index contributed by atoms with van der Waals surface area (Å²) in [7, 11) is 2.86. The number of methoxy groups -OCH3 is 2. The summed E-state index contributed by atoms with van der Waals surface area (Å²) in [5.41, 5.74) is 0. The molecule has 0 saturated carbocycles. The number of aliphatic hydroxyl groups excluding tert-OH is 1. The molecule has 1 rings (SSSR count). The average molecular weight is 180 g/mol. The molecule has 0 spiro atoms. The van der Waals surface area contributed by atoms with Gasteiger partial charge in [-0.3, -0.25) is 0 Å². The number of aliphatic hydroxyl groups is 1. The van der Waals surface area contributed by atoms with Crippen LogP contribution >= 0.6 is 0 Å². The van der Waals surface area contributed by atoms with Gasteiger partial charge in [0.25, 0.3) is 0 Å². The monoisotopic (exact) mass is 180 g/mol. The molecule has 1 N–H and O–H groups in total. The van der Waals surface area contributed by atoms with Crippen molar-refractivity contribution in [3.05, 3.63) is 0 Å². The van der Waals surface area contributed by atoms with E-state index in [0.717, 1.165) is 0 Å². The van der Waals surface area contributed by atoms with Crippen molar-refractivity contribution in [2.24, 2.45) is 0 Å². The second kappa shape index (κ2) is 4.13. The summed E-state index contributed by atoms with van der Waals surface area (Å²) >= 11 is 0. The molecule has 0 radical (unpaired) electrons. The van der Waals surface area contributed by atoms with Crippen LogP contribution in [0.25, 0.3) is 0 Å². The van der Waals surface area contributed by atoms with Crippen molar-refractivity contribution >= 4 is 0 Å². The molecule has 0 aromatic rings. The molecule has 4 nitrogen and oxygen atoms in total. The molecule has 4 unspecified atom stereocenters. The van der Waals surface area contributed by atoms with E-state index in [2.05, 4.69) is 0 Å². The number of hydrogen-bond donors (Lipinski definition) is 1. The van der Waals surface area contributed by atoms with Crippen LogP contribution in [-0.2, 0) is 14.2 Å². The number of alkyl halides is 1. The topological polar surface area (TPSA) is 47.9 Å². The van der Waals surface area contributed by atoms with Crippen LogP contribution in [0.4, 0.5) is 4.39 Å². The van der Waals surface area contributed by atoms with E-state index < -0.39 is 24.7 Å². The van der Waals surface area contributed by atoms with Gasteiger partial charge in [0.05, 0.1) is 6.61 Å². The van der Waals surface area contributed by atoms with Gasteiger partial charge >= 0.3 is 0 Å². The largest absolute Gasteiger partial charge is 0.382 e. The fourth-order valence-corrected chi connectivity index (χ4v) is 1.28. The van der Waals surface area contributed by atoms with E-state index in [9.17, 15) is 4.39 Å². The molecule has 4 atom stereocenters. The second-order valence-electron chi connectivity index (χ2n) is 2.67. The average Bonchev–Trinajstić information content (AvgIpc) is 2.29. The van der Waals surface area contributed by atoms with E-state index in [1.165, 1.54) is 14.2 Å². The van der Waals surface area contributed by atoms with Crippen molar-refractivity contribution in [1.82, 2.24) is 0 Å². The minimum Gasteiger partial charge on any atom is -0.382 e. The molecule has 0 aromatic heterocycles. The van der Waals surface area contributed by atoms with E-state index in [1.54, 1.807) is 0 Å². The number of rotatable bonds is 3. The van der Waals surface area contributed by atoms with Gasteiger partial charge in [0.2, 0.25) is 0 Å². The number of halogens is 1. The first kappa shape index (κ1) is 9.85. The molecule has 5 heteroatoms. The zero-order valence-electron chi connectivity index (χ0n) is 7.07. The lowest BCUT2D eigenvalue weighted by atomic mass is 10.2. The molecule has 0 amide bonds. The maximum atomic E-state index is 13.0. The third-order valence-corrected chi connectivity index (χ3v) is 1.87. The summed E-state index contributed by atoms with van der Waals surface area (Å²) in [6.07, 6.45) is -4.14. The fourth-order valence-electron chi connectivity index (χ4n) is 1.28. The SMILES string of the molecule is COCC1OC(O)C(F)C1OC. The van der Waals surface area contributed by atoms with Crippen LogP contribution in [-0.4, -0.2) is 50.6 Å². The molecular weight excluding hydrogens is 167 g/mol. The Balaban J connectivity index is 2.52. The molecule has 12 heavy (non-hydrogen) atoms. The van der Waals surface area contributed by atoms with Crippen LogP contribution in [0.5, 0.6) is 0 Å². The smallest absolute Gasteiger partial charge is 0.189 e. The van der Waals surface area contributed by atoms with Crippen molar-refractivity contribution in [2.45, 2.75) is 24.7 Å². The Bertz CT molecular complexity index is 143. The van der Waals surface area contributed by atoms with Crippen LogP contribution in [0.1, 0.15) is 0 Å². The molecule has 0 aromatic carbocycles. The molecule has 1 saturated heterocycles. The summed E-state index contributed by atoms with van der Waals surface area (Å²) in [6, 6.07) is 0. The van der Waals surface area contributed by atoms with Crippen molar-refractivity contribution in [3.63, 3.8) is 0 Å². The number of hydrogen-bond acceptors (Lipinski definition) is 4. The molecular formula is C7H13FO4. The Hall–Kier alpha value is -0.230. The number of ether oxygens (including phenoxy) is 3. The summed E-state index contributed by atoms with van der Waals surface area (Å²) in [4.78, 5) is 0. The van der Waals surface area contributed by atoms with E-state index in [-0.39, 0.29) is 6.61 Å². The highest BCUT2D eigenvalue weighted by Gasteiger charge is 2.44. The quantitative estimate of drug-likeness (QED) is 0.648. The highest BCUT2D eigenvalue weighted by atomic mass is 19.1.